The molecule has 1 aromatic carbocycles. The fourth-order valence-corrected chi connectivity index (χ4v) is 5.77. The highest BCUT2D eigenvalue weighted by atomic mass is 32.2. The number of hydrogen-bond acceptors (Lipinski definition) is 7. The third-order valence-electron chi connectivity index (χ3n) is 4.16. The molecule has 27 heavy (non-hydrogen) atoms. The fraction of sp³-hybridized carbons (Fsp3) is 0.353. The number of hydrogen-bond donors (Lipinski definition) is 1. The van der Waals surface area contributed by atoms with E-state index in [2.05, 4.69) is 5.32 Å². The molecule has 1 atom stereocenters. The van der Waals surface area contributed by atoms with Crippen molar-refractivity contribution in [3.05, 3.63) is 34.7 Å². The van der Waals surface area contributed by atoms with Crippen molar-refractivity contribution in [3.8, 4) is 5.75 Å². The number of amides is 2. The number of ether oxygens (including phenoxy) is 1. The molecular weight excluding hydrogens is 408 g/mol. The third-order valence-corrected chi connectivity index (χ3v) is 7.31. The summed E-state index contributed by atoms with van der Waals surface area (Å²) in [7, 11) is -1.52. The lowest BCUT2D eigenvalue weighted by molar-refractivity contribution is -0.129. The highest BCUT2D eigenvalue weighted by Gasteiger charge is 2.35. The van der Waals surface area contributed by atoms with Crippen LogP contribution >= 0.6 is 24.0 Å². The van der Waals surface area contributed by atoms with E-state index in [4.69, 9.17) is 17.0 Å². The number of methoxy groups -OCH3 is 1. The molecule has 2 aliphatic heterocycles. The van der Waals surface area contributed by atoms with Gasteiger partial charge in [0.05, 0.1) is 23.5 Å². The van der Waals surface area contributed by atoms with Gasteiger partial charge in [-0.15, -0.1) is 0 Å². The van der Waals surface area contributed by atoms with Gasteiger partial charge in [-0.25, -0.2) is 8.42 Å². The molecule has 0 saturated carbocycles. The van der Waals surface area contributed by atoms with Crippen LogP contribution in [-0.4, -0.2) is 60.7 Å². The first-order valence-corrected chi connectivity index (χ1v) is 11.2. The van der Waals surface area contributed by atoms with Gasteiger partial charge in [0, 0.05) is 6.04 Å². The zero-order chi connectivity index (χ0) is 19.6. The second kappa shape index (κ2) is 7.99. The van der Waals surface area contributed by atoms with Crippen LogP contribution in [0.4, 0.5) is 0 Å². The Morgan fingerprint density at radius 3 is 2.93 bits per heavy atom. The summed E-state index contributed by atoms with van der Waals surface area (Å²) in [4.78, 5) is 26.4. The van der Waals surface area contributed by atoms with Crippen LogP contribution < -0.4 is 10.1 Å². The standard InChI is InChI=1S/C17H18N2O5S3/c1-24-13-4-2-3-11(7-13)8-14-16(21)19(17(25)26-14)9-15(20)18-12-5-6-27(22,23)10-12/h2-4,7-8,12H,5-6,9-10H2,1H3,(H,18,20)/b14-8+/t12-/m0/s1. The van der Waals surface area contributed by atoms with Crippen molar-refractivity contribution >= 4 is 56.0 Å². The lowest BCUT2D eigenvalue weighted by atomic mass is 10.2. The van der Waals surface area contributed by atoms with Gasteiger partial charge in [0.25, 0.3) is 5.91 Å². The fourth-order valence-electron chi connectivity index (χ4n) is 2.84. The van der Waals surface area contributed by atoms with Gasteiger partial charge in [-0.05, 0) is 30.2 Å². The summed E-state index contributed by atoms with van der Waals surface area (Å²) >= 11 is 6.35. The van der Waals surface area contributed by atoms with Gasteiger partial charge in [-0.3, -0.25) is 14.5 Å². The van der Waals surface area contributed by atoms with Gasteiger partial charge in [0.2, 0.25) is 5.91 Å². The first kappa shape index (κ1) is 19.8. The molecule has 0 unspecified atom stereocenters. The predicted octanol–water partition coefficient (Wildman–Crippen LogP) is 1.20. The normalized spacial score (nSPS) is 23.1. The Labute approximate surface area is 167 Å². The number of thiocarbonyl (C=S) groups is 1. The van der Waals surface area contributed by atoms with Crippen LogP contribution in [0.25, 0.3) is 6.08 Å². The maximum Gasteiger partial charge on any atom is 0.266 e. The van der Waals surface area contributed by atoms with Crippen LogP contribution in [0, 0.1) is 0 Å². The quantitative estimate of drug-likeness (QED) is 0.559. The molecule has 2 heterocycles. The van der Waals surface area contributed by atoms with Crippen molar-refractivity contribution in [1.82, 2.24) is 10.2 Å². The van der Waals surface area contributed by atoms with Crippen molar-refractivity contribution in [2.75, 3.05) is 25.2 Å². The van der Waals surface area contributed by atoms with Crippen molar-refractivity contribution in [3.63, 3.8) is 0 Å². The monoisotopic (exact) mass is 426 g/mol. The topological polar surface area (TPSA) is 92.8 Å². The minimum absolute atomic E-state index is 0.0626. The predicted molar refractivity (Wildman–Crippen MR) is 108 cm³/mol. The molecule has 2 aliphatic rings. The molecule has 2 amide bonds. The van der Waals surface area contributed by atoms with E-state index in [1.165, 1.54) is 4.90 Å². The number of thioether (sulfide) groups is 1. The van der Waals surface area contributed by atoms with Gasteiger partial charge in [0.15, 0.2) is 9.84 Å². The number of rotatable bonds is 5. The van der Waals surface area contributed by atoms with Crippen molar-refractivity contribution < 1.29 is 22.7 Å². The molecular formula is C17H18N2O5S3. The SMILES string of the molecule is COc1cccc(/C=C2/SC(=S)N(CC(=O)N[C@H]3CCS(=O)(=O)C3)C2=O)c1. The molecule has 0 aromatic heterocycles. The van der Waals surface area contributed by atoms with Crippen LogP contribution in [0.1, 0.15) is 12.0 Å². The van der Waals surface area contributed by atoms with Crippen molar-refractivity contribution in [2.24, 2.45) is 0 Å². The molecule has 2 saturated heterocycles. The van der Waals surface area contributed by atoms with Gasteiger partial charge >= 0.3 is 0 Å². The average molecular weight is 427 g/mol. The van der Waals surface area contributed by atoms with E-state index in [1.54, 1.807) is 25.3 Å². The Morgan fingerprint density at radius 2 is 2.26 bits per heavy atom. The molecule has 2 fully saturated rings. The number of nitrogens with zero attached hydrogens (tertiary/aromatic N) is 1. The maximum atomic E-state index is 12.6. The average Bonchev–Trinajstić information content (AvgIpc) is 3.08. The van der Waals surface area contributed by atoms with Gasteiger partial charge < -0.3 is 10.1 Å². The van der Waals surface area contributed by atoms with E-state index in [-0.39, 0.29) is 24.0 Å². The first-order valence-electron chi connectivity index (χ1n) is 8.16. The van der Waals surface area contributed by atoms with E-state index >= 15 is 0 Å². The van der Waals surface area contributed by atoms with Crippen LogP contribution in [-0.2, 0) is 19.4 Å². The Morgan fingerprint density at radius 1 is 1.48 bits per heavy atom. The smallest absolute Gasteiger partial charge is 0.266 e. The number of carbonyl (C=O) groups excluding carboxylic acids is 2. The summed E-state index contributed by atoms with van der Waals surface area (Å²) < 4.78 is 28.4. The summed E-state index contributed by atoms with van der Waals surface area (Å²) in [5.41, 5.74) is 0.787. The lowest BCUT2D eigenvalue weighted by Crippen LogP contribution is -2.43. The Bertz CT molecular complexity index is 926. The van der Waals surface area contributed by atoms with Crippen LogP contribution in [0.15, 0.2) is 29.2 Å². The number of sulfone groups is 1. The van der Waals surface area contributed by atoms with Crippen LogP contribution in [0.2, 0.25) is 0 Å². The lowest BCUT2D eigenvalue weighted by Gasteiger charge is -2.16. The van der Waals surface area contributed by atoms with Crippen LogP contribution in [0.5, 0.6) is 5.75 Å². The molecule has 1 N–H and O–H groups in total. The van der Waals surface area contributed by atoms with E-state index in [0.29, 0.717) is 21.4 Å². The molecule has 10 heteroatoms. The maximum absolute atomic E-state index is 12.6. The molecule has 7 nitrogen and oxygen atoms in total. The number of benzene rings is 1. The van der Waals surface area contributed by atoms with E-state index in [9.17, 15) is 18.0 Å². The zero-order valence-corrected chi connectivity index (χ0v) is 17.0. The molecule has 1 aromatic rings. The Hall–Kier alpha value is -1.91. The van der Waals surface area contributed by atoms with E-state index in [1.807, 2.05) is 12.1 Å². The largest absolute Gasteiger partial charge is 0.497 e. The minimum Gasteiger partial charge on any atom is -0.497 e. The van der Waals surface area contributed by atoms with Crippen molar-refractivity contribution in [2.45, 2.75) is 12.5 Å². The molecule has 0 radical (unpaired) electrons. The Kier molecular flexibility index (Phi) is 5.87. The highest BCUT2D eigenvalue weighted by molar-refractivity contribution is 8.26. The van der Waals surface area contributed by atoms with Gasteiger partial charge in [-0.1, -0.05) is 36.1 Å². The summed E-state index contributed by atoms with van der Waals surface area (Å²) in [6.45, 7) is -0.226. The number of nitrogens with one attached hydrogen (secondary N) is 1. The molecule has 0 spiro atoms. The second-order valence-electron chi connectivity index (χ2n) is 6.21. The van der Waals surface area contributed by atoms with E-state index < -0.39 is 21.8 Å². The van der Waals surface area contributed by atoms with Gasteiger partial charge in [-0.2, -0.15) is 0 Å². The molecule has 0 aliphatic carbocycles. The van der Waals surface area contributed by atoms with E-state index in [0.717, 1.165) is 17.3 Å². The third kappa shape index (κ3) is 4.88. The Balaban J connectivity index is 1.65. The molecule has 0 bridgehead atoms. The minimum atomic E-state index is -3.08. The van der Waals surface area contributed by atoms with Crippen molar-refractivity contribution in [1.29, 1.82) is 0 Å². The summed E-state index contributed by atoms with van der Waals surface area (Å²) in [5, 5.41) is 2.67. The summed E-state index contributed by atoms with van der Waals surface area (Å²) in [6, 6.07) is 6.83. The highest BCUT2D eigenvalue weighted by Crippen LogP contribution is 2.32. The first-order chi connectivity index (χ1) is 12.8. The number of carbonyl (C=O) groups is 2. The molecule has 144 valence electrons. The molecule has 3 rings (SSSR count). The van der Waals surface area contributed by atoms with Gasteiger partial charge in [0.1, 0.15) is 16.6 Å². The zero-order valence-electron chi connectivity index (χ0n) is 14.5. The second-order valence-corrected chi connectivity index (χ2v) is 10.1. The summed E-state index contributed by atoms with van der Waals surface area (Å²) in [5.74, 6) is -0.0852. The van der Waals surface area contributed by atoms with Crippen LogP contribution in [0.3, 0.4) is 0 Å². The summed E-state index contributed by atoms with van der Waals surface area (Å²) in [6.07, 6.45) is 2.09.